The number of aromatic nitrogens is 2. The molecular weight excluding hydrogens is 372 g/mol. The van der Waals surface area contributed by atoms with E-state index in [1.54, 1.807) is 25.1 Å². The third kappa shape index (κ3) is 3.54. The lowest BCUT2D eigenvalue weighted by Gasteiger charge is -2.43. The van der Waals surface area contributed by atoms with Gasteiger partial charge in [-0.2, -0.15) is 5.10 Å². The number of aryl methyl sites for hydroxylation is 1. The van der Waals surface area contributed by atoms with Gasteiger partial charge in [0.1, 0.15) is 5.69 Å². The van der Waals surface area contributed by atoms with E-state index in [9.17, 15) is 19.7 Å². The number of para-hydroxylation sites is 2. The van der Waals surface area contributed by atoms with E-state index in [2.05, 4.69) is 5.10 Å². The van der Waals surface area contributed by atoms with Gasteiger partial charge in [-0.25, -0.2) is 4.68 Å². The standard InChI is InChI=1S/C21H24N4O4/c1-14-13-19(26)20(22-24(14)17-10-4-5-11-18(17)25(28)29)21(27)23-12-6-8-15-7-2-3-9-16(15)23/h4-5,10-11,13,15-16H,2-3,6-9,12H2,1H3/t15-,16-/m0/s1. The summed E-state index contributed by atoms with van der Waals surface area (Å²) in [5, 5.41) is 15.7. The van der Waals surface area contributed by atoms with Gasteiger partial charge in [-0.15, -0.1) is 0 Å². The summed E-state index contributed by atoms with van der Waals surface area (Å²) < 4.78 is 1.33. The van der Waals surface area contributed by atoms with E-state index in [4.69, 9.17) is 0 Å². The van der Waals surface area contributed by atoms with Crippen LogP contribution in [0.25, 0.3) is 5.69 Å². The van der Waals surface area contributed by atoms with Crippen LogP contribution in [0.5, 0.6) is 0 Å². The molecule has 0 spiro atoms. The van der Waals surface area contributed by atoms with Gasteiger partial charge in [-0.05, 0) is 44.6 Å². The fourth-order valence-corrected chi connectivity index (χ4v) is 4.75. The van der Waals surface area contributed by atoms with Gasteiger partial charge < -0.3 is 4.90 Å². The molecule has 0 radical (unpaired) electrons. The fourth-order valence-electron chi connectivity index (χ4n) is 4.75. The van der Waals surface area contributed by atoms with Crippen molar-refractivity contribution in [3.05, 3.63) is 62.1 Å². The zero-order valence-corrected chi connectivity index (χ0v) is 16.4. The number of carbonyl (C=O) groups is 1. The Balaban J connectivity index is 1.76. The zero-order chi connectivity index (χ0) is 20.5. The molecule has 2 aliphatic rings. The van der Waals surface area contributed by atoms with Gasteiger partial charge in [0.25, 0.3) is 11.6 Å². The van der Waals surface area contributed by atoms with Crippen LogP contribution in [0.3, 0.4) is 0 Å². The van der Waals surface area contributed by atoms with E-state index in [-0.39, 0.29) is 29.0 Å². The van der Waals surface area contributed by atoms with E-state index in [0.717, 1.165) is 32.1 Å². The Morgan fingerprint density at radius 3 is 2.69 bits per heavy atom. The molecule has 1 saturated carbocycles. The number of amides is 1. The van der Waals surface area contributed by atoms with Crippen molar-refractivity contribution in [1.29, 1.82) is 0 Å². The predicted octanol–water partition coefficient (Wildman–Crippen LogP) is 3.24. The lowest BCUT2D eigenvalue weighted by Crippen LogP contribution is -2.51. The van der Waals surface area contributed by atoms with E-state index >= 15 is 0 Å². The van der Waals surface area contributed by atoms with E-state index in [1.807, 2.05) is 4.90 Å². The molecule has 29 heavy (non-hydrogen) atoms. The summed E-state index contributed by atoms with van der Waals surface area (Å²) in [4.78, 5) is 38.7. The van der Waals surface area contributed by atoms with Crippen LogP contribution in [0, 0.1) is 23.0 Å². The van der Waals surface area contributed by atoms with Crippen LogP contribution in [0.2, 0.25) is 0 Å². The second kappa shape index (κ2) is 7.77. The minimum absolute atomic E-state index is 0.129. The first kappa shape index (κ1) is 19.3. The maximum Gasteiger partial charge on any atom is 0.294 e. The molecule has 1 aromatic carbocycles. The molecule has 1 aliphatic carbocycles. The third-order valence-electron chi connectivity index (χ3n) is 6.12. The van der Waals surface area contributed by atoms with Crippen molar-refractivity contribution in [3.8, 4) is 5.69 Å². The zero-order valence-electron chi connectivity index (χ0n) is 16.4. The van der Waals surface area contributed by atoms with Gasteiger partial charge in [0.15, 0.2) is 5.69 Å². The molecule has 2 heterocycles. The summed E-state index contributed by atoms with van der Waals surface area (Å²) in [6.07, 6.45) is 6.41. The van der Waals surface area contributed by atoms with Gasteiger partial charge in [-0.1, -0.05) is 25.0 Å². The number of fused-ring (bicyclic) bond motifs is 1. The summed E-state index contributed by atoms with van der Waals surface area (Å²) in [5.74, 6) is 0.128. The molecule has 1 amide bonds. The molecule has 1 aromatic heterocycles. The molecule has 2 atom stereocenters. The smallest absolute Gasteiger partial charge is 0.294 e. The van der Waals surface area contributed by atoms with Crippen molar-refractivity contribution in [2.45, 2.75) is 51.5 Å². The van der Waals surface area contributed by atoms with Crippen LogP contribution in [0.4, 0.5) is 5.69 Å². The van der Waals surface area contributed by atoms with E-state index in [0.29, 0.717) is 18.2 Å². The molecule has 1 saturated heterocycles. The molecule has 152 valence electrons. The number of nitro benzene ring substituents is 1. The lowest BCUT2D eigenvalue weighted by molar-refractivity contribution is -0.384. The minimum Gasteiger partial charge on any atom is -0.334 e. The highest BCUT2D eigenvalue weighted by Crippen LogP contribution is 2.35. The predicted molar refractivity (Wildman–Crippen MR) is 107 cm³/mol. The summed E-state index contributed by atoms with van der Waals surface area (Å²) in [6.45, 7) is 2.28. The molecule has 0 unspecified atom stereocenters. The average Bonchev–Trinajstić information content (AvgIpc) is 2.73. The first-order valence-corrected chi connectivity index (χ1v) is 10.1. The van der Waals surface area contributed by atoms with Crippen LogP contribution in [0.15, 0.2) is 35.1 Å². The Morgan fingerprint density at radius 2 is 1.90 bits per heavy atom. The van der Waals surface area contributed by atoms with Crippen molar-refractivity contribution >= 4 is 11.6 Å². The first-order chi connectivity index (χ1) is 14.0. The number of hydrogen-bond acceptors (Lipinski definition) is 5. The number of nitrogens with zero attached hydrogens (tertiary/aromatic N) is 4. The van der Waals surface area contributed by atoms with Crippen LogP contribution < -0.4 is 5.43 Å². The summed E-state index contributed by atoms with van der Waals surface area (Å²) >= 11 is 0. The van der Waals surface area contributed by atoms with Crippen molar-refractivity contribution in [2.75, 3.05) is 6.54 Å². The van der Waals surface area contributed by atoms with E-state index in [1.165, 1.54) is 23.2 Å². The van der Waals surface area contributed by atoms with Crippen molar-refractivity contribution in [1.82, 2.24) is 14.7 Å². The summed E-state index contributed by atoms with van der Waals surface area (Å²) in [7, 11) is 0. The molecular formula is C21H24N4O4. The lowest BCUT2D eigenvalue weighted by atomic mass is 9.78. The van der Waals surface area contributed by atoms with Gasteiger partial charge in [-0.3, -0.25) is 19.7 Å². The molecule has 4 rings (SSSR count). The minimum atomic E-state index is -0.493. The molecule has 0 N–H and O–H groups in total. The molecule has 1 aliphatic heterocycles. The Morgan fingerprint density at radius 1 is 1.17 bits per heavy atom. The maximum absolute atomic E-state index is 13.3. The summed E-state index contributed by atoms with van der Waals surface area (Å²) in [5.41, 5.74) is -0.0658. The Hall–Kier alpha value is -3.03. The monoisotopic (exact) mass is 396 g/mol. The highest BCUT2D eigenvalue weighted by Gasteiger charge is 2.37. The fraction of sp³-hybridized carbons (Fsp3) is 0.476. The Labute approximate surface area is 168 Å². The quantitative estimate of drug-likeness (QED) is 0.586. The van der Waals surface area contributed by atoms with Crippen LogP contribution in [0.1, 0.15) is 54.7 Å². The SMILES string of the molecule is Cc1cc(=O)c(C(=O)N2CCC[C@@H]3CCCC[C@@H]32)nn1-c1ccccc1[N+](=O)[O-]. The average molecular weight is 396 g/mol. The molecule has 0 bridgehead atoms. The summed E-state index contributed by atoms with van der Waals surface area (Å²) in [6, 6.07) is 7.68. The third-order valence-corrected chi connectivity index (χ3v) is 6.12. The van der Waals surface area contributed by atoms with Crippen molar-refractivity contribution in [2.24, 2.45) is 5.92 Å². The molecule has 2 aromatic rings. The number of rotatable bonds is 3. The van der Waals surface area contributed by atoms with Gasteiger partial charge in [0, 0.05) is 30.4 Å². The first-order valence-electron chi connectivity index (χ1n) is 10.1. The van der Waals surface area contributed by atoms with Crippen LogP contribution in [-0.4, -0.2) is 38.1 Å². The van der Waals surface area contributed by atoms with Crippen LogP contribution in [-0.2, 0) is 0 Å². The highest BCUT2D eigenvalue weighted by atomic mass is 16.6. The number of carbonyl (C=O) groups excluding carboxylic acids is 1. The second-order valence-corrected chi connectivity index (χ2v) is 7.91. The topological polar surface area (TPSA) is 98.3 Å². The van der Waals surface area contributed by atoms with Gasteiger partial charge in [0.2, 0.25) is 5.43 Å². The number of hydrogen-bond donors (Lipinski definition) is 0. The number of benzene rings is 1. The second-order valence-electron chi connectivity index (χ2n) is 7.91. The van der Waals surface area contributed by atoms with Crippen LogP contribution >= 0.6 is 0 Å². The number of piperidine rings is 1. The maximum atomic E-state index is 13.3. The largest absolute Gasteiger partial charge is 0.334 e. The van der Waals surface area contributed by atoms with Crippen molar-refractivity contribution < 1.29 is 9.72 Å². The Kier molecular flexibility index (Phi) is 5.17. The van der Waals surface area contributed by atoms with Gasteiger partial charge >= 0.3 is 0 Å². The number of nitro groups is 1. The highest BCUT2D eigenvalue weighted by molar-refractivity contribution is 5.92. The Bertz CT molecular complexity index is 1010. The van der Waals surface area contributed by atoms with Gasteiger partial charge in [0.05, 0.1) is 4.92 Å². The normalized spacial score (nSPS) is 21.5. The number of likely N-dealkylation sites (tertiary alicyclic amines) is 1. The molecule has 8 heteroatoms. The molecule has 2 fully saturated rings. The molecule has 8 nitrogen and oxygen atoms in total. The van der Waals surface area contributed by atoms with Crippen molar-refractivity contribution in [3.63, 3.8) is 0 Å². The van der Waals surface area contributed by atoms with E-state index < -0.39 is 10.4 Å².